The second kappa shape index (κ2) is 6.97. The van der Waals surface area contributed by atoms with Gasteiger partial charge in [0.15, 0.2) is 0 Å². The monoisotopic (exact) mass is 372 g/mol. The number of hydrogen-bond acceptors (Lipinski definition) is 5. The number of hydrogen-bond donors (Lipinski definition) is 2. The van der Waals surface area contributed by atoms with Gasteiger partial charge in [-0.2, -0.15) is 0 Å². The molecule has 6 nitrogen and oxygen atoms in total. The predicted octanol–water partition coefficient (Wildman–Crippen LogP) is 3.67. The van der Waals surface area contributed by atoms with Crippen molar-refractivity contribution in [2.24, 2.45) is 5.73 Å². The summed E-state index contributed by atoms with van der Waals surface area (Å²) in [5, 5.41) is 3.65. The number of fused-ring (bicyclic) bond motifs is 1. The highest BCUT2D eigenvalue weighted by molar-refractivity contribution is 6.31. The molecule has 0 radical (unpaired) electrons. The Morgan fingerprint density at radius 3 is 2.73 bits per heavy atom. The molecule has 0 fully saturated rings. The van der Waals surface area contributed by atoms with Gasteiger partial charge in [-0.15, -0.1) is 0 Å². The summed E-state index contributed by atoms with van der Waals surface area (Å²) in [5.74, 6) is -0.330. The SMILES string of the molecule is C=C(C(N)=O)c1cc2c(Nc3ccc(F)c(Cl)c3)ncnc2cc1OC. The third kappa shape index (κ3) is 3.29. The van der Waals surface area contributed by atoms with E-state index in [0.29, 0.717) is 33.7 Å². The van der Waals surface area contributed by atoms with Crippen LogP contribution in [0.3, 0.4) is 0 Å². The molecule has 2 aromatic carbocycles. The van der Waals surface area contributed by atoms with E-state index in [2.05, 4.69) is 21.9 Å². The molecule has 8 heteroatoms. The minimum atomic E-state index is -0.667. The largest absolute Gasteiger partial charge is 0.496 e. The van der Waals surface area contributed by atoms with Crippen LogP contribution in [-0.4, -0.2) is 23.0 Å². The Bertz CT molecular complexity index is 1040. The lowest BCUT2D eigenvalue weighted by molar-refractivity contribution is -0.112. The number of rotatable bonds is 5. The fourth-order valence-corrected chi connectivity index (χ4v) is 2.61. The number of carbonyl (C=O) groups excluding carboxylic acids is 1. The zero-order valence-corrected chi connectivity index (χ0v) is 14.5. The first kappa shape index (κ1) is 17.6. The second-order valence-corrected chi connectivity index (χ2v) is 5.80. The van der Waals surface area contributed by atoms with Crippen molar-refractivity contribution in [3.63, 3.8) is 0 Å². The molecule has 0 saturated heterocycles. The van der Waals surface area contributed by atoms with E-state index >= 15 is 0 Å². The molecule has 0 saturated carbocycles. The van der Waals surface area contributed by atoms with Gasteiger partial charge >= 0.3 is 0 Å². The van der Waals surface area contributed by atoms with Crippen molar-refractivity contribution >= 4 is 45.5 Å². The molecule has 0 atom stereocenters. The molecule has 26 heavy (non-hydrogen) atoms. The lowest BCUT2D eigenvalue weighted by Gasteiger charge is -2.13. The average Bonchev–Trinajstić information content (AvgIpc) is 2.63. The van der Waals surface area contributed by atoms with Crippen LogP contribution in [0.4, 0.5) is 15.9 Å². The van der Waals surface area contributed by atoms with E-state index in [-0.39, 0.29) is 10.6 Å². The first-order chi connectivity index (χ1) is 12.4. The molecular formula is C18H14ClFN4O2. The van der Waals surface area contributed by atoms with Crippen LogP contribution in [0.15, 0.2) is 43.2 Å². The summed E-state index contributed by atoms with van der Waals surface area (Å²) in [6.45, 7) is 3.70. The van der Waals surface area contributed by atoms with Gasteiger partial charge in [0.1, 0.15) is 23.7 Å². The number of benzene rings is 2. The number of primary amides is 1. The predicted molar refractivity (Wildman–Crippen MR) is 99.0 cm³/mol. The molecule has 0 aliphatic heterocycles. The van der Waals surface area contributed by atoms with Crippen LogP contribution in [0, 0.1) is 5.82 Å². The number of amides is 1. The maximum absolute atomic E-state index is 13.3. The lowest BCUT2D eigenvalue weighted by atomic mass is 10.0. The van der Waals surface area contributed by atoms with Crippen LogP contribution in [0.5, 0.6) is 5.75 Å². The summed E-state index contributed by atoms with van der Waals surface area (Å²) in [7, 11) is 1.47. The third-order valence-electron chi connectivity index (χ3n) is 3.76. The van der Waals surface area contributed by atoms with Crippen LogP contribution < -0.4 is 15.8 Å². The fourth-order valence-electron chi connectivity index (χ4n) is 2.43. The number of nitrogens with two attached hydrogens (primary N) is 1. The summed E-state index contributed by atoms with van der Waals surface area (Å²) in [5.41, 5.74) is 6.99. The summed E-state index contributed by atoms with van der Waals surface area (Å²) < 4.78 is 18.6. The van der Waals surface area contributed by atoms with Gasteiger partial charge in [0.05, 0.1) is 17.6 Å². The molecule has 1 heterocycles. The van der Waals surface area contributed by atoms with Crippen LogP contribution in [0.1, 0.15) is 5.56 Å². The molecular weight excluding hydrogens is 359 g/mol. The Hall–Kier alpha value is -3.19. The smallest absolute Gasteiger partial charge is 0.248 e. The van der Waals surface area contributed by atoms with E-state index in [1.807, 2.05) is 0 Å². The highest BCUT2D eigenvalue weighted by Crippen LogP contribution is 2.33. The van der Waals surface area contributed by atoms with Crippen molar-refractivity contribution in [1.82, 2.24) is 9.97 Å². The van der Waals surface area contributed by atoms with Crippen molar-refractivity contribution in [1.29, 1.82) is 0 Å². The Kier molecular flexibility index (Phi) is 4.73. The average molecular weight is 373 g/mol. The van der Waals surface area contributed by atoms with Gasteiger partial charge in [0.25, 0.3) is 0 Å². The molecule has 0 aliphatic carbocycles. The summed E-state index contributed by atoms with van der Waals surface area (Å²) in [6, 6.07) is 7.54. The topological polar surface area (TPSA) is 90.1 Å². The zero-order chi connectivity index (χ0) is 18.8. The summed E-state index contributed by atoms with van der Waals surface area (Å²) >= 11 is 5.81. The van der Waals surface area contributed by atoms with Crippen LogP contribution >= 0.6 is 11.6 Å². The first-order valence-electron chi connectivity index (χ1n) is 7.44. The van der Waals surface area contributed by atoms with Crippen molar-refractivity contribution in [2.45, 2.75) is 0 Å². The second-order valence-electron chi connectivity index (χ2n) is 5.39. The number of nitrogens with one attached hydrogen (secondary N) is 1. The number of aromatic nitrogens is 2. The van der Waals surface area contributed by atoms with Gasteiger partial charge in [-0.25, -0.2) is 14.4 Å². The fraction of sp³-hybridized carbons (Fsp3) is 0.0556. The minimum absolute atomic E-state index is 0.0159. The van der Waals surface area contributed by atoms with Gasteiger partial charge in [0, 0.05) is 28.3 Å². The maximum Gasteiger partial charge on any atom is 0.248 e. The number of nitrogens with zero attached hydrogens (tertiary/aromatic N) is 2. The number of ether oxygens (including phenoxy) is 1. The first-order valence-corrected chi connectivity index (χ1v) is 7.82. The zero-order valence-electron chi connectivity index (χ0n) is 13.7. The molecule has 0 bridgehead atoms. The Morgan fingerprint density at radius 2 is 2.08 bits per heavy atom. The Balaban J connectivity index is 2.13. The maximum atomic E-state index is 13.3. The van der Waals surface area contributed by atoms with Crippen molar-refractivity contribution < 1.29 is 13.9 Å². The highest BCUT2D eigenvalue weighted by atomic mass is 35.5. The van der Waals surface area contributed by atoms with E-state index in [0.717, 1.165) is 0 Å². The molecule has 1 amide bonds. The highest BCUT2D eigenvalue weighted by Gasteiger charge is 2.16. The molecule has 3 N–H and O–H groups in total. The van der Waals surface area contributed by atoms with Crippen LogP contribution in [0.25, 0.3) is 16.5 Å². The molecule has 0 unspecified atom stereocenters. The molecule has 1 aromatic heterocycles. The van der Waals surface area contributed by atoms with E-state index in [1.54, 1.807) is 12.1 Å². The standard InChI is InChI=1S/C18H14ClFN4O2/c1-9(17(21)25)11-6-12-15(7-16(11)26-2)22-8-23-18(12)24-10-3-4-14(20)13(19)5-10/h3-8H,1H2,2H3,(H2,21,25)(H,22,23,24). The van der Waals surface area contributed by atoms with E-state index in [1.165, 1.54) is 31.6 Å². The number of carbonyl (C=O) groups is 1. The van der Waals surface area contributed by atoms with Crippen molar-refractivity contribution in [3.8, 4) is 5.75 Å². The summed E-state index contributed by atoms with van der Waals surface area (Å²) in [4.78, 5) is 19.9. The molecule has 3 aromatic rings. The summed E-state index contributed by atoms with van der Waals surface area (Å²) in [6.07, 6.45) is 1.37. The number of anilines is 2. The van der Waals surface area contributed by atoms with Crippen molar-refractivity contribution in [3.05, 3.63) is 59.6 Å². The number of halogens is 2. The Morgan fingerprint density at radius 1 is 1.31 bits per heavy atom. The van der Waals surface area contributed by atoms with Crippen LogP contribution in [-0.2, 0) is 4.79 Å². The molecule has 3 rings (SSSR count). The molecule has 0 spiro atoms. The quantitative estimate of drug-likeness (QED) is 0.667. The van der Waals surface area contributed by atoms with Gasteiger partial charge in [-0.3, -0.25) is 4.79 Å². The van der Waals surface area contributed by atoms with Gasteiger partial charge in [-0.05, 0) is 24.3 Å². The third-order valence-corrected chi connectivity index (χ3v) is 4.05. The minimum Gasteiger partial charge on any atom is -0.496 e. The number of methoxy groups -OCH3 is 1. The van der Waals surface area contributed by atoms with E-state index in [9.17, 15) is 9.18 Å². The molecule has 0 aliphatic rings. The normalized spacial score (nSPS) is 10.6. The van der Waals surface area contributed by atoms with Gasteiger partial charge < -0.3 is 15.8 Å². The molecule has 132 valence electrons. The van der Waals surface area contributed by atoms with E-state index < -0.39 is 11.7 Å². The van der Waals surface area contributed by atoms with Crippen molar-refractivity contribution in [2.75, 3.05) is 12.4 Å². The lowest BCUT2D eigenvalue weighted by Crippen LogP contribution is -2.12. The van der Waals surface area contributed by atoms with Gasteiger partial charge in [0.2, 0.25) is 5.91 Å². The Labute approximate surface area is 153 Å². The van der Waals surface area contributed by atoms with Gasteiger partial charge in [-0.1, -0.05) is 18.2 Å². The van der Waals surface area contributed by atoms with Crippen LogP contribution in [0.2, 0.25) is 5.02 Å². The van der Waals surface area contributed by atoms with E-state index in [4.69, 9.17) is 22.1 Å².